The summed E-state index contributed by atoms with van der Waals surface area (Å²) in [5.41, 5.74) is 1.91. The van der Waals surface area contributed by atoms with Crippen molar-refractivity contribution in [1.29, 1.82) is 0 Å². The van der Waals surface area contributed by atoms with E-state index in [9.17, 15) is 4.79 Å². The first kappa shape index (κ1) is 16.7. The average Bonchev–Trinajstić information content (AvgIpc) is 2.63. The van der Waals surface area contributed by atoms with E-state index in [1.54, 1.807) is 6.20 Å². The number of pyridine rings is 1. The monoisotopic (exact) mass is 391 g/mol. The molecule has 0 radical (unpaired) electrons. The largest absolute Gasteiger partial charge is 0.444 e. The van der Waals surface area contributed by atoms with Crippen LogP contribution in [0, 0.1) is 0 Å². The van der Waals surface area contributed by atoms with Crippen LogP contribution in [-0.2, 0) is 16.1 Å². The number of ether oxygens (including phenoxy) is 2. The Kier molecular flexibility index (Phi) is 5.66. The molecule has 1 aliphatic rings. The van der Waals surface area contributed by atoms with Crippen LogP contribution in [0.2, 0.25) is 0 Å². The maximum atomic E-state index is 11.9. The van der Waals surface area contributed by atoms with Gasteiger partial charge in [0.2, 0.25) is 0 Å². The molecular formula is C17H18BrN3O3. The molecule has 1 amide bonds. The van der Waals surface area contributed by atoms with Gasteiger partial charge in [0.15, 0.2) is 0 Å². The van der Waals surface area contributed by atoms with Gasteiger partial charge in [-0.25, -0.2) is 9.78 Å². The molecular weight excluding hydrogens is 374 g/mol. The molecule has 1 N–H and O–H groups in total. The molecule has 0 saturated carbocycles. The van der Waals surface area contributed by atoms with Gasteiger partial charge in [0.1, 0.15) is 12.4 Å². The van der Waals surface area contributed by atoms with Gasteiger partial charge in [-0.3, -0.25) is 5.32 Å². The lowest BCUT2D eigenvalue weighted by Gasteiger charge is -2.29. The van der Waals surface area contributed by atoms with Crippen LogP contribution in [0.5, 0.6) is 0 Å². The van der Waals surface area contributed by atoms with Crippen LogP contribution in [-0.4, -0.2) is 37.4 Å². The van der Waals surface area contributed by atoms with Crippen LogP contribution >= 0.6 is 15.9 Å². The molecule has 1 aliphatic heterocycles. The Balaban J connectivity index is 1.61. The number of carbonyl (C=O) groups excluding carboxylic acids is 1. The number of carbonyl (C=O) groups is 1. The van der Waals surface area contributed by atoms with E-state index >= 15 is 0 Å². The lowest BCUT2D eigenvalue weighted by Crippen LogP contribution is -2.36. The van der Waals surface area contributed by atoms with Gasteiger partial charge in [-0.1, -0.05) is 30.3 Å². The third kappa shape index (κ3) is 4.46. The summed E-state index contributed by atoms with van der Waals surface area (Å²) in [5, 5.41) is 2.67. The third-order valence-corrected chi connectivity index (χ3v) is 4.24. The van der Waals surface area contributed by atoms with Gasteiger partial charge in [-0.2, -0.15) is 0 Å². The van der Waals surface area contributed by atoms with E-state index in [0.29, 0.717) is 19.0 Å². The van der Waals surface area contributed by atoms with E-state index in [-0.39, 0.29) is 6.61 Å². The topological polar surface area (TPSA) is 63.7 Å². The molecule has 1 aromatic carbocycles. The van der Waals surface area contributed by atoms with E-state index in [4.69, 9.17) is 9.47 Å². The molecule has 24 heavy (non-hydrogen) atoms. The van der Waals surface area contributed by atoms with Crippen molar-refractivity contribution >= 4 is 33.5 Å². The number of benzene rings is 1. The molecule has 2 aromatic rings. The van der Waals surface area contributed by atoms with Gasteiger partial charge in [0.05, 0.1) is 23.4 Å². The van der Waals surface area contributed by atoms with Crippen molar-refractivity contribution in [3.8, 4) is 0 Å². The number of hydrogen-bond acceptors (Lipinski definition) is 5. The first-order valence-electron chi connectivity index (χ1n) is 7.68. The fraction of sp³-hybridized carbons (Fsp3) is 0.294. The van der Waals surface area contributed by atoms with Crippen LogP contribution in [0.4, 0.5) is 16.3 Å². The average molecular weight is 392 g/mol. The van der Waals surface area contributed by atoms with Crippen LogP contribution < -0.4 is 10.2 Å². The maximum absolute atomic E-state index is 11.9. The minimum Gasteiger partial charge on any atom is -0.444 e. The van der Waals surface area contributed by atoms with Crippen molar-refractivity contribution in [2.45, 2.75) is 6.61 Å². The highest BCUT2D eigenvalue weighted by molar-refractivity contribution is 9.10. The molecule has 2 heterocycles. The summed E-state index contributed by atoms with van der Waals surface area (Å²) in [6.45, 7) is 3.22. The Labute approximate surface area is 148 Å². The van der Waals surface area contributed by atoms with Crippen LogP contribution in [0.25, 0.3) is 0 Å². The van der Waals surface area contributed by atoms with Gasteiger partial charge in [-0.05, 0) is 21.5 Å². The van der Waals surface area contributed by atoms with Crippen LogP contribution in [0.3, 0.4) is 0 Å². The number of rotatable bonds is 4. The summed E-state index contributed by atoms with van der Waals surface area (Å²) in [6.07, 6.45) is 1.15. The molecule has 0 bridgehead atoms. The quantitative estimate of drug-likeness (QED) is 0.864. The number of hydrogen-bond donors (Lipinski definition) is 1. The summed E-state index contributed by atoms with van der Waals surface area (Å²) in [7, 11) is 0. The lowest BCUT2D eigenvalue weighted by atomic mass is 10.2. The predicted molar refractivity (Wildman–Crippen MR) is 95.2 cm³/mol. The molecule has 0 unspecified atom stereocenters. The van der Waals surface area contributed by atoms with Gasteiger partial charge in [-0.15, -0.1) is 0 Å². The van der Waals surface area contributed by atoms with Crippen molar-refractivity contribution in [2.75, 3.05) is 36.5 Å². The second-order valence-corrected chi connectivity index (χ2v) is 6.16. The highest BCUT2D eigenvalue weighted by Crippen LogP contribution is 2.28. The second kappa shape index (κ2) is 8.12. The Morgan fingerprint density at radius 3 is 2.79 bits per heavy atom. The summed E-state index contributed by atoms with van der Waals surface area (Å²) in [5.74, 6) is 0.456. The summed E-state index contributed by atoms with van der Waals surface area (Å²) < 4.78 is 11.5. The molecule has 0 aliphatic carbocycles. The minimum atomic E-state index is -0.526. The highest BCUT2D eigenvalue weighted by Gasteiger charge is 2.16. The number of amides is 1. The van der Waals surface area contributed by atoms with Crippen molar-refractivity contribution in [3.05, 3.63) is 52.6 Å². The second-order valence-electron chi connectivity index (χ2n) is 5.31. The third-order valence-electron chi connectivity index (χ3n) is 3.63. The zero-order chi connectivity index (χ0) is 16.8. The number of aromatic nitrogens is 1. The number of nitrogens with one attached hydrogen (secondary N) is 1. The Morgan fingerprint density at radius 1 is 1.29 bits per heavy atom. The van der Waals surface area contributed by atoms with Crippen molar-refractivity contribution in [1.82, 2.24) is 4.98 Å². The molecule has 126 valence electrons. The molecule has 3 rings (SSSR count). The van der Waals surface area contributed by atoms with Crippen molar-refractivity contribution in [3.63, 3.8) is 0 Å². The van der Waals surface area contributed by atoms with Crippen LogP contribution in [0.15, 0.2) is 47.1 Å². The zero-order valence-corrected chi connectivity index (χ0v) is 14.7. The Bertz CT molecular complexity index is 691. The summed E-state index contributed by atoms with van der Waals surface area (Å²) in [6, 6.07) is 11.4. The van der Waals surface area contributed by atoms with E-state index < -0.39 is 6.09 Å². The summed E-state index contributed by atoms with van der Waals surface area (Å²) in [4.78, 5) is 18.3. The molecule has 1 aromatic heterocycles. The predicted octanol–water partition coefficient (Wildman–Crippen LogP) is 3.43. The molecule has 0 atom stereocenters. The number of nitrogens with zero attached hydrogens (tertiary/aromatic N) is 2. The maximum Gasteiger partial charge on any atom is 0.413 e. The van der Waals surface area contributed by atoms with E-state index in [1.807, 2.05) is 36.4 Å². The van der Waals surface area contributed by atoms with E-state index in [2.05, 4.69) is 31.1 Å². The van der Waals surface area contributed by atoms with Gasteiger partial charge in [0.25, 0.3) is 0 Å². The van der Waals surface area contributed by atoms with Gasteiger partial charge < -0.3 is 14.4 Å². The molecule has 1 saturated heterocycles. The molecule has 0 spiro atoms. The molecule has 6 nitrogen and oxygen atoms in total. The SMILES string of the molecule is O=C(Nc1cc(N2CCOCC2)c(Br)cn1)OCc1ccccc1. The van der Waals surface area contributed by atoms with E-state index in [0.717, 1.165) is 28.8 Å². The Morgan fingerprint density at radius 2 is 2.04 bits per heavy atom. The number of anilines is 2. The first-order chi connectivity index (χ1) is 11.7. The van der Waals surface area contributed by atoms with Gasteiger partial charge in [0, 0.05) is 25.4 Å². The minimum absolute atomic E-state index is 0.222. The molecule has 1 fully saturated rings. The zero-order valence-electron chi connectivity index (χ0n) is 13.1. The van der Waals surface area contributed by atoms with Crippen LogP contribution in [0.1, 0.15) is 5.56 Å². The normalized spacial score (nSPS) is 14.3. The Hall–Kier alpha value is -2.12. The van der Waals surface area contributed by atoms with E-state index in [1.165, 1.54) is 0 Å². The first-order valence-corrected chi connectivity index (χ1v) is 8.47. The smallest absolute Gasteiger partial charge is 0.413 e. The number of halogens is 1. The number of morpholine rings is 1. The van der Waals surface area contributed by atoms with Crippen molar-refractivity contribution in [2.24, 2.45) is 0 Å². The fourth-order valence-corrected chi connectivity index (χ4v) is 2.87. The molecule has 7 heteroatoms. The lowest BCUT2D eigenvalue weighted by molar-refractivity contribution is 0.122. The highest BCUT2D eigenvalue weighted by atomic mass is 79.9. The standard InChI is InChI=1S/C17H18BrN3O3/c18-14-11-19-16(10-15(14)21-6-8-23-9-7-21)20-17(22)24-12-13-4-2-1-3-5-13/h1-5,10-11H,6-9,12H2,(H,19,20,22). The van der Waals surface area contributed by atoms with Gasteiger partial charge >= 0.3 is 6.09 Å². The van der Waals surface area contributed by atoms with Crippen molar-refractivity contribution < 1.29 is 14.3 Å². The fourth-order valence-electron chi connectivity index (χ4n) is 2.41. The summed E-state index contributed by atoms with van der Waals surface area (Å²) >= 11 is 3.50.